The van der Waals surface area contributed by atoms with Crippen LogP contribution in [0.2, 0.25) is 0 Å². The summed E-state index contributed by atoms with van der Waals surface area (Å²) in [5.74, 6) is 0.729. The van der Waals surface area contributed by atoms with Crippen LogP contribution < -0.4 is 15.1 Å². The van der Waals surface area contributed by atoms with Crippen molar-refractivity contribution in [3.05, 3.63) is 58.7 Å². The number of sulfone groups is 2. The quantitative estimate of drug-likeness (QED) is 0.263. The van der Waals surface area contributed by atoms with E-state index in [1.807, 2.05) is 25.1 Å². The first-order valence-electron chi connectivity index (χ1n) is 24.4. The predicted molar refractivity (Wildman–Crippen MR) is 252 cm³/mol. The number of aliphatic hydroxyl groups is 1. The molecule has 0 unspecified atom stereocenters. The number of rotatable bonds is 7. The van der Waals surface area contributed by atoms with Crippen molar-refractivity contribution in [2.24, 2.45) is 0 Å². The van der Waals surface area contributed by atoms with Crippen molar-refractivity contribution in [2.45, 2.75) is 126 Å². The fourth-order valence-corrected chi connectivity index (χ4v) is 13.2. The van der Waals surface area contributed by atoms with Gasteiger partial charge in [-0.05, 0) is 126 Å². The average molecular weight is 1120 g/mol. The van der Waals surface area contributed by atoms with Crippen LogP contribution in [0.4, 0.5) is 68.9 Å². The van der Waals surface area contributed by atoms with Gasteiger partial charge in [-0.15, -0.1) is 0 Å². The lowest BCUT2D eigenvalue weighted by atomic mass is 9.84. The number of anilines is 2. The van der Waals surface area contributed by atoms with E-state index in [2.05, 4.69) is 54.8 Å². The molecule has 420 valence electrons. The first-order chi connectivity index (χ1) is 34.2. The highest BCUT2D eigenvalue weighted by Gasteiger charge is 2.60. The number of piperidine rings is 2. The summed E-state index contributed by atoms with van der Waals surface area (Å²) in [6.45, 7) is 11.8. The van der Waals surface area contributed by atoms with Gasteiger partial charge in [0.2, 0.25) is 6.10 Å². The Morgan fingerprint density at radius 2 is 0.959 bits per heavy atom. The second-order valence-corrected chi connectivity index (χ2v) is 24.7. The van der Waals surface area contributed by atoms with Crippen LogP contribution in [0.25, 0.3) is 0 Å². The van der Waals surface area contributed by atoms with E-state index in [1.165, 1.54) is 49.0 Å². The third-order valence-electron chi connectivity index (χ3n) is 15.0. The molecular formula is C47H64F12N6O7S2. The molecule has 2 aromatic rings. The van der Waals surface area contributed by atoms with Crippen LogP contribution in [0.15, 0.2) is 36.4 Å². The minimum Gasteiger partial charge on any atom is -0.426 e. The number of aryl methyl sites for hydroxylation is 2. The summed E-state index contributed by atoms with van der Waals surface area (Å²) < 4.78 is 194. The fraction of sp³-hybridized carbons (Fsp3) is 0.723. The van der Waals surface area contributed by atoms with Crippen molar-refractivity contribution in [2.75, 3.05) is 98.3 Å². The maximum absolute atomic E-state index is 12.8. The molecule has 2 N–H and O–H groups in total. The molecule has 0 radical (unpaired) electrons. The number of alkyl halides is 12. The molecule has 6 aliphatic heterocycles. The van der Waals surface area contributed by atoms with E-state index in [0.717, 1.165) is 60.7 Å². The highest BCUT2D eigenvalue weighted by atomic mass is 32.2. The molecule has 1 amide bonds. The van der Waals surface area contributed by atoms with Gasteiger partial charge in [0, 0.05) is 74.8 Å². The zero-order valence-electron chi connectivity index (χ0n) is 41.1. The largest absolute Gasteiger partial charge is 0.434 e. The van der Waals surface area contributed by atoms with Crippen LogP contribution in [-0.4, -0.2) is 179 Å². The maximum Gasteiger partial charge on any atom is 0.434 e. The van der Waals surface area contributed by atoms with E-state index in [1.54, 1.807) is 0 Å². The van der Waals surface area contributed by atoms with Crippen LogP contribution in [0.1, 0.15) is 73.6 Å². The summed E-state index contributed by atoms with van der Waals surface area (Å²) >= 11 is 0. The third-order valence-corrected chi connectivity index (χ3v) is 18.2. The number of hydrogen-bond acceptors (Lipinski definition) is 12. The molecule has 0 aromatic heterocycles. The lowest BCUT2D eigenvalue weighted by Crippen LogP contribution is -2.54. The summed E-state index contributed by atoms with van der Waals surface area (Å²) in [6.07, 6.45) is -25.2. The molecule has 27 heteroatoms. The first-order valence-corrected chi connectivity index (χ1v) is 28.1. The van der Waals surface area contributed by atoms with E-state index >= 15 is 0 Å². The predicted octanol–water partition coefficient (Wildman–Crippen LogP) is 7.71. The molecule has 0 bridgehead atoms. The minimum atomic E-state index is -5.75. The summed E-state index contributed by atoms with van der Waals surface area (Å²) in [4.78, 5) is 22.5. The van der Waals surface area contributed by atoms with Gasteiger partial charge in [0.25, 0.3) is 6.10 Å². The van der Waals surface area contributed by atoms with Crippen LogP contribution in [0, 0.1) is 13.8 Å². The number of carbonyl (C=O) groups is 1. The maximum atomic E-state index is 12.8. The number of nitrogens with one attached hydrogen (secondary N) is 1. The van der Waals surface area contributed by atoms with Crippen molar-refractivity contribution in [3.8, 4) is 0 Å². The van der Waals surface area contributed by atoms with E-state index < -0.39 is 62.7 Å². The van der Waals surface area contributed by atoms with Gasteiger partial charge < -0.3 is 29.9 Å². The van der Waals surface area contributed by atoms with Gasteiger partial charge in [-0.2, -0.15) is 52.7 Å². The van der Waals surface area contributed by atoms with Crippen LogP contribution in [0.3, 0.4) is 0 Å². The average Bonchev–Trinajstić information content (AvgIpc) is 3.87. The van der Waals surface area contributed by atoms with Crippen molar-refractivity contribution in [3.63, 3.8) is 0 Å². The zero-order valence-corrected chi connectivity index (χ0v) is 42.7. The van der Waals surface area contributed by atoms with Crippen molar-refractivity contribution in [1.82, 2.24) is 20.0 Å². The summed E-state index contributed by atoms with van der Waals surface area (Å²) in [6, 6.07) is 12.7. The number of ether oxygens (including phenoxy) is 1. The number of amides is 1. The van der Waals surface area contributed by atoms with Crippen molar-refractivity contribution >= 4 is 37.1 Å². The Bertz CT molecular complexity index is 2410. The highest BCUT2D eigenvalue weighted by molar-refractivity contribution is 7.91. The second kappa shape index (κ2) is 23.0. The molecule has 6 saturated heterocycles. The molecule has 74 heavy (non-hydrogen) atoms. The first kappa shape index (κ1) is 59.5. The zero-order chi connectivity index (χ0) is 54.7. The number of nitrogens with zero attached hydrogens (tertiary/aromatic N) is 5. The Hall–Kier alpha value is -3.79. The molecule has 13 nitrogen and oxygen atoms in total. The SMILES string of the molecule is Cc1ccc(CN2CCCC23CCN(C(=O)OC(C(F)(F)F)C(F)(F)F)CC3)c(N2CCS(=O)(=O)CC2)c1.Cc1ccc(CN2CCCC23CCNCC3)c(N2CCS(=O)(=O)CC2)c1.OC(C(F)(F)F)C(F)(F)F. The molecule has 6 heterocycles. The summed E-state index contributed by atoms with van der Waals surface area (Å²) in [7, 11) is -5.90. The van der Waals surface area contributed by atoms with Crippen LogP contribution >= 0.6 is 0 Å². The van der Waals surface area contributed by atoms with Gasteiger partial charge in [-0.3, -0.25) is 9.80 Å². The summed E-state index contributed by atoms with van der Waals surface area (Å²) in [5.41, 5.74) is 6.91. The lowest BCUT2D eigenvalue weighted by molar-refractivity contribution is -0.309. The molecule has 2 aromatic carbocycles. The number of aliphatic hydroxyl groups excluding tert-OH is 1. The number of benzene rings is 2. The molecule has 2 spiro atoms. The number of likely N-dealkylation sites (tertiary alicyclic amines) is 3. The van der Waals surface area contributed by atoms with Gasteiger partial charge in [-0.25, -0.2) is 21.6 Å². The Kier molecular flexibility index (Phi) is 18.5. The second-order valence-electron chi connectivity index (χ2n) is 20.1. The molecule has 6 aliphatic rings. The standard InChI is InChI=1S/C24H31F6N3O4S.C20H31N3O2S.C3H2F6O/c1-17-3-4-18(19(15-17)31-11-13-38(35,36)14-12-31)16-33-8-2-5-22(33)6-9-32(10-7-22)21(34)37-20(23(25,26)27)24(28,29)30;1-17-3-4-18(19(15-17)22-11-13-26(24,25)14-12-22)16-23-10-2-5-20(23)6-8-21-9-7-20;4-2(5,6)1(10)3(7,8)9/h3-4,15,20H,2,5-14,16H2,1H3;3-4,15,21H,2,5-14,16H2,1H3;1,10H. The Morgan fingerprint density at radius 3 is 1.31 bits per heavy atom. The van der Waals surface area contributed by atoms with Gasteiger partial charge in [0.1, 0.15) is 0 Å². The monoisotopic (exact) mass is 1120 g/mol. The van der Waals surface area contributed by atoms with Crippen LogP contribution in [0.5, 0.6) is 0 Å². The van der Waals surface area contributed by atoms with Crippen molar-refractivity contribution < 1.29 is 84.2 Å². The fourth-order valence-electron chi connectivity index (χ4n) is 10.8. The van der Waals surface area contributed by atoms with Gasteiger partial charge in [0.05, 0.1) is 23.0 Å². The smallest absolute Gasteiger partial charge is 0.426 e. The van der Waals surface area contributed by atoms with Gasteiger partial charge in [-0.1, -0.05) is 24.3 Å². The minimum absolute atomic E-state index is 0.0114. The lowest BCUT2D eigenvalue weighted by Gasteiger charge is -2.45. The van der Waals surface area contributed by atoms with Crippen LogP contribution in [-0.2, 0) is 37.5 Å². The topological polar surface area (TPSA) is 143 Å². The van der Waals surface area contributed by atoms with E-state index in [4.69, 9.17) is 5.11 Å². The number of halogens is 12. The summed E-state index contributed by atoms with van der Waals surface area (Å²) in [5, 5.41) is 11.0. The normalized spacial score (nSPS) is 22.4. The van der Waals surface area contributed by atoms with Gasteiger partial charge >= 0.3 is 30.8 Å². The van der Waals surface area contributed by atoms with E-state index in [0.29, 0.717) is 51.1 Å². The van der Waals surface area contributed by atoms with E-state index in [9.17, 15) is 74.3 Å². The molecule has 8 rings (SSSR count). The Balaban J connectivity index is 0.000000213. The Labute approximate surface area is 423 Å². The van der Waals surface area contributed by atoms with Crippen molar-refractivity contribution in [1.29, 1.82) is 0 Å². The molecule has 6 fully saturated rings. The Morgan fingerprint density at radius 1 is 0.581 bits per heavy atom. The number of carbonyl (C=O) groups excluding carboxylic acids is 1. The number of hydrogen-bond donors (Lipinski definition) is 2. The highest BCUT2D eigenvalue weighted by Crippen LogP contribution is 2.43. The van der Waals surface area contributed by atoms with Gasteiger partial charge in [0.15, 0.2) is 19.7 Å². The van der Waals surface area contributed by atoms with E-state index in [-0.39, 0.29) is 41.6 Å². The molecule has 0 aliphatic carbocycles. The third kappa shape index (κ3) is 15.2. The molecule has 0 saturated carbocycles. The molecule has 0 atom stereocenters. The molecular weight excluding hydrogens is 1050 g/mol.